The Kier molecular flexibility index (Phi) is 3.72. The summed E-state index contributed by atoms with van der Waals surface area (Å²) in [4.78, 5) is 4.57. The number of rotatable bonds is 3. The molecule has 2 nitrogen and oxygen atoms in total. The molecular weight excluding hydrogens is 256 g/mol. The van der Waals surface area contributed by atoms with E-state index in [0.29, 0.717) is 5.15 Å². The van der Waals surface area contributed by atoms with Gasteiger partial charge in [-0.25, -0.2) is 4.98 Å². The fourth-order valence-corrected chi connectivity index (χ4v) is 3.21. The number of aromatic nitrogens is 1. The predicted octanol–water partition coefficient (Wildman–Crippen LogP) is 3.20. The quantitative estimate of drug-likeness (QED) is 0.857. The van der Waals surface area contributed by atoms with Crippen molar-refractivity contribution in [2.45, 2.75) is 45.2 Å². The summed E-state index contributed by atoms with van der Waals surface area (Å²) in [5.41, 5.74) is 3.37. The maximum Gasteiger partial charge on any atom is 0.138 e. The van der Waals surface area contributed by atoms with Gasteiger partial charge in [0.15, 0.2) is 0 Å². The highest BCUT2D eigenvalue weighted by molar-refractivity contribution is 6.30. The molecule has 1 fully saturated rings. The van der Waals surface area contributed by atoms with E-state index in [2.05, 4.69) is 41.5 Å². The Hall–Kier alpha value is -1.12. The molecule has 2 N–H and O–H groups in total. The number of fused-ring (bicyclic) bond motifs is 1. The molecule has 0 spiro atoms. The molecule has 0 radical (unpaired) electrons. The van der Waals surface area contributed by atoms with Gasteiger partial charge in [0.1, 0.15) is 11.7 Å². The van der Waals surface area contributed by atoms with E-state index in [-0.39, 0.29) is 0 Å². The molecule has 1 aromatic carbocycles. The highest BCUT2D eigenvalue weighted by Crippen LogP contribution is 2.22. The van der Waals surface area contributed by atoms with Crippen molar-refractivity contribution in [3.8, 4) is 0 Å². The Bertz CT molecular complexity index is 589. The maximum atomic E-state index is 6.33. The summed E-state index contributed by atoms with van der Waals surface area (Å²) in [5.74, 6) is 0. The Morgan fingerprint density at radius 2 is 2.11 bits per heavy atom. The zero-order valence-electron chi connectivity index (χ0n) is 11.3. The summed E-state index contributed by atoms with van der Waals surface area (Å²) in [5, 5.41) is 4.28. The van der Waals surface area contributed by atoms with E-state index in [1.807, 2.05) is 0 Å². The minimum Gasteiger partial charge on any atom is -0.340 e. The third-order valence-electron chi connectivity index (χ3n) is 4.14. The van der Waals surface area contributed by atoms with Crippen LogP contribution in [0.4, 0.5) is 0 Å². The van der Waals surface area contributed by atoms with Crippen molar-refractivity contribution in [3.05, 3.63) is 40.5 Å². The topological polar surface area (TPSA) is 29.5 Å². The molecule has 0 atom stereocenters. The van der Waals surface area contributed by atoms with Crippen molar-refractivity contribution < 1.29 is 5.32 Å². The number of halogens is 1. The molecule has 0 aliphatic heterocycles. The normalized spacial score (nSPS) is 16.3. The van der Waals surface area contributed by atoms with E-state index in [1.54, 1.807) is 0 Å². The average molecular weight is 276 g/mol. The number of hydrogen-bond acceptors (Lipinski definition) is 1. The minimum atomic E-state index is 0.663. The Morgan fingerprint density at radius 1 is 1.32 bits per heavy atom. The molecule has 3 rings (SSSR count). The number of benzene rings is 1. The van der Waals surface area contributed by atoms with E-state index >= 15 is 0 Å². The van der Waals surface area contributed by atoms with E-state index in [4.69, 9.17) is 11.6 Å². The number of para-hydroxylation sites is 1. The van der Waals surface area contributed by atoms with Gasteiger partial charge in [0.05, 0.1) is 11.6 Å². The van der Waals surface area contributed by atoms with Crippen LogP contribution in [0.3, 0.4) is 0 Å². The fourth-order valence-electron chi connectivity index (χ4n) is 3.00. The molecule has 1 aromatic heterocycles. The van der Waals surface area contributed by atoms with Crippen LogP contribution < -0.4 is 5.32 Å². The monoisotopic (exact) mass is 275 g/mol. The van der Waals surface area contributed by atoms with Gasteiger partial charge in [-0.15, -0.1) is 0 Å². The van der Waals surface area contributed by atoms with Crippen molar-refractivity contribution in [2.24, 2.45) is 0 Å². The highest BCUT2D eigenvalue weighted by Gasteiger charge is 2.18. The summed E-state index contributed by atoms with van der Waals surface area (Å²) in [6.07, 6.45) is 5.45. The van der Waals surface area contributed by atoms with Gasteiger partial charge in [-0.05, 0) is 44.2 Å². The first-order chi connectivity index (χ1) is 9.24. The standard InChI is InChI=1S/C16H19ClN2/c1-11-5-4-6-12-9-13(16(17)19-15(11)12)10-18-14-7-2-3-8-14/h4-6,9,14,18H,2-3,7-8,10H2,1H3/p+1. The van der Waals surface area contributed by atoms with E-state index in [1.165, 1.54) is 36.6 Å². The number of quaternary nitrogens is 1. The lowest BCUT2D eigenvalue weighted by Crippen LogP contribution is -2.87. The van der Waals surface area contributed by atoms with Crippen LogP contribution >= 0.6 is 11.6 Å². The molecule has 0 unspecified atom stereocenters. The second-order valence-electron chi connectivity index (χ2n) is 5.57. The van der Waals surface area contributed by atoms with Crippen LogP contribution in [-0.2, 0) is 6.54 Å². The first-order valence-corrected chi connectivity index (χ1v) is 7.50. The molecule has 1 aliphatic carbocycles. The Morgan fingerprint density at radius 3 is 2.89 bits per heavy atom. The summed E-state index contributed by atoms with van der Waals surface area (Å²) in [7, 11) is 0. The zero-order chi connectivity index (χ0) is 13.2. The highest BCUT2D eigenvalue weighted by atomic mass is 35.5. The Balaban J connectivity index is 1.84. The number of pyridine rings is 1. The molecule has 0 amide bonds. The number of aryl methyl sites for hydroxylation is 1. The lowest BCUT2D eigenvalue weighted by atomic mass is 10.1. The molecule has 1 heterocycles. The van der Waals surface area contributed by atoms with E-state index in [9.17, 15) is 0 Å². The molecule has 100 valence electrons. The molecular formula is C16H20ClN2+. The van der Waals surface area contributed by atoms with Crippen molar-refractivity contribution >= 4 is 22.5 Å². The van der Waals surface area contributed by atoms with Gasteiger partial charge in [0.25, 0.3) is 0 Å². The molecule has 3 heteroatoms. The van der Waals surface area contributed by atoms with Crippen LogP contribution in [0.15, 0.2) is 24.3 Å². The van der Waals surface area contributed by atoms with Crippen molar-refractivity contribution in [3.63, 3.8) is 0 Å². The number of hydrogen-bond donors (Lipinski definition) is 1. The summed E-state index contributed by atoms with van der Waals surface area (Å²) in [6.45, 7) is 3.02. The molecule has 0 saturated heterocycles. The maximum absolute atomic E-state index is 6.33. The van der Waals surface area contributed by atoms with Crippen LogP contribution in [0.25, 0.3) is 10.9 Å². The first kappa shape index (κ1) is 12.9. The van der Waals surface area contributed by atoms with Gasteiger partial charge >= 0.3 is 0 Å². The third-order valence-corrected chi connectivity index (χ3v) is 4.47. The van der Waals surface area contributed by atoms with Crippen LogP contribution in [0.2, 0.25) is 5.15 Å². The smallest absolute Gasteiger partial charge is 0.138 e. The van der Waals surface area contributed by atoms with Crippen LogP contribution in [0, 0.1) is 6.92 Å². The van der Waals surface area contributed by atoms with Gasteiger partial charge in [-0.2, -0.15) is 0 Å². The van der Waals surface area contributed by atoms with Crippen molar-refractivity contribution in [1.29, 1.82) is 0 Å². The molecule has 1 saturated carbocycles. The van der Waals surface area contributed by atoms with Gasteiger partial charge in [0.2, 0.25) is 0 Å². The lowest BCUT2D eigenvalue weighted by Gasteiger charge is -2.10. The summed E-state index contributed by atoms with van der Waals surface area (Å²) < 4.78 is 0. The van der Waals surface area contributed by atoms with E-state index < -0.39 is 0 Å². The van der Waals surface area contributed by atoms with Gasteiger partial charge in [-0.1, -0.05) is 29.8 Å². The largest absolute Gasteiger partial charge is 0.340 e. The Labute approximate surface area is 119 Å². The summed E-state index contributed by atoms with van der Waals surface area (Å²) in [6, 6.07) is 9.26. The average Bonchev–Trinajstić information content (AvgIpc) is 2.91. The predicted molar refractivity (Wildman–Crippen MR) is 79.4 cm³/mol. The van der Waals surface area contributed by atoms with E-state index in [0.717, 1.165) is 23.7 Å². The van der Waals surface area contributed by atoms with Gasteiger partial charge in [-0.3, -0.25) is 0 Å². The van der Waals surface area contributed by atoms with Crippen molar-refractivity contribution in [2.75, 3.05) is 0 Å². The minimum absolute atomic E-state index is 0.663. The lowest BCUT2D eigenvalue weighted by molar-refractivity contribution is -0.703. The second kappa shape index (κ2) is 5.48. The van der Waals surface area contributed by atoms with Crippen LogP contribution in [0.5, 0.6) is 0 Å². The first-order valence-electron chi connectivity index (χ1n) is 7.12. The molecule has 2 aromatic rings. The zero-order valence-corrected chi connectivity index (χ0v) is 12.1. The van der Waals surface area contributed by atoms with Gasteiger partial charge in [0, 0.05) is 10.9 Å². The van der Waals surface area contributed by atoms with Crippen LogP contribution in [0.1, 0.15) is 36.8 Å². The third kappa shape index (κ3) is 2.75. The van der Waals surface area contributed by atoms with Gasteiger partial charge < -0.3 is 5.32 Å². The van der Waals surface area contributed by atoms with Crippen molar-refractivity contribution in [1.82, 2.24) is 4.98 Å². The summed E-state index contributed by atoms with van der Waals surface area (Å²) >= 11 is 6.33. The molecule has 1 aliphatic rings. The SMILES string of the molecule is Cc1cccc2cc(C[NH2+]C3CCCC3)c(Cl)nc12. The molecule has 0 bridgehead atoms. The van der Waals surface area contributed by atoms with Crippen LogP contribution in [-0.4, -0.2) is 11.0 Å². The fraction of sp³-hybridized carbons (Fsp3) is 0.438. The number of nitrogens with zero attached hydrogens (tertiary/aromatic N) is 1. The second-order valence-corrected chi connectivity index (χ2v) is 5.93. The molecule has 19 heavy (non-hydrogen) atoms. The number of nitrogens with two attached hydrogens (primary N) is 1.